The number of aliphatic hydroxyl groups is 1. The molecule has 0 aromatic heterocycles. The Bertz CT molecular complexity index is 591. The number of hydrogen-bond donors (Lipinski definition) is 1. The van der Waals surface area contributed by atoms with E-state index in [1.165, 1.54) is 11.1 Å². The summed E-state index contributed by atoms with van der Waals surface area (Å²) in [5, 5.41) is 10.4. The number of hydrogen-bond acceptors (Lipinski definition) is 4. The quantitative estimate of drug-likeness (QED) is 0.841. The van der Waals surface area contributed by atoms with E-state index in [1.807, 2.05) is 12.1 Å². The van der Waals surface area contributed by atoms with E-state index in [-0.39, 0.29) is 11.8 Å². The number of rotatable bonds is 2. The summed E-state index contributed by atoms with van der Waals surface area (Å²) >= 11 is 0. The minimum atomic E-state index is -0.403. The summed E-state index contributed by atoms with van der Waals surface area (Å²) < 4.78 is 5.07. The average Bonchev–Trinajstić information content (AvgIpc) is 2.45. The van der Waals surface area contributed by atoms with E-state index >= 15 is 0 Å². The first-order valence-electron chi connectivity index (χ1n) is 7.05. The fourth-order valence-electron chi connectivity index (χ4n) is 3.21. The van der Waals surface area contributed by atoms with Crippen LogP contribution in [0.5, 0.6) is 0 Å². The van der Waals surface area contributed by atoms with E-state index in [0.29, 0.717) is 18.6 Å². The summed E-state index contributed by atoms with van der Waals surface area (Å²) in [6.45, 7) is 3.07. The summed E-state index contributed by atoms with van der Waals surface area (Å²) in [6.07, 6.45) is 1.50. The molecular weight excluding hydrogens is 254 g/mol. The van der Waals surface area contributed by atoms with Crippen molar-refractivity contribution in [1.82, 2.24) is 4.90 Å². The predicted octanol–water partition coefficient (Wildman–Crippen LogP) is 2.45. The van der Waals surface area contributed by atoms with Crippen molar-refractivity contribution in [2.45, 2.75) is 25.8 Å². The molecule has 4 heteroatoms. The van der Waals surface area contributed by atoms with Crippen molar-refractivity contribution in [3.8, 4) is 0 Å². The van der Waals surface area contributed by atoms with Crippen LogP contribution in [0.15, 0.2) is 23.8 Å². The molecule has 1 unspecified atom stereocenters. The van der Waals surface area contributed by atoms with Crippen molar-refractivity contribution >= 4 is 11.7 Å². The first kappa shape index (κ1) is 13.2. The molecule has 20 heavy (non-hydrogen) atoms. The van der Waals surface area contributed by atoms with Crippen LogP contribution in [0.1, 0.15) is 36.1 Å². The molecule has 1 aliphatic heterocycles. The molecule has 0 spiro atoms. The second-order valence-corrected chi connectivity index (χ2v) is 5.38. The molecule has 4 nitrogen and oxygen atoms in total. The van der Waals surface area contributed by atoms with Gasteiger partial charge < -0.3 is 9.84 Å². The zero-order valence-electron chi connectivity index (χ0n) is 11.8. The second kappa shape index (κ2) is 4.94. The monoisotopic (exact) mass is 273 g/mol. The van der Waals surface area contributed by atoms with Crippen LogP contribution in [0.2, 0.25) is 0 Å². The number of esters is 1. The molecule has 1 aromatic carbocycles. The summed E-state index contributed by atoms with van der Waals surface area (Å²) in [4.78, 5) is 14.3. The molecule has 1 heterocycles. The van der Waals surface area contributed by atoms with Gasteiger partial charge >= 0.3 is 5.97 Å². The fraction of sp³-hybridized carbons (Fsp3) is 0.438. The van der Waals surface area contributed by atoms with Gasteiger partial charge in [0, 0.05) is 24.6 Å². The summed E-state index contributed by atoms with van der Waals surface area (Å²) in [5.74, 6) is -0.313. The van der Waals surface area contributed by atoms with Crippen LogP contribution in [0, 0.1) is 0 Å². The van der Waals surface area contributed by atoms with Gasteiger partial charge in [0.25, 0.3) is 0 Å². The Kier molecular flexibility index (Phi) is 3.26. The predicted molar refractivity (Wildman–Crippen MR) is 76.3 cm³/mol. The molecule has 3 rings (SSSR count). The van der Waals surface area contributed by atoms with Crippen LogP contribution in [-0.4, -0.2) is 36.2 Å². The maximum absolute atomic E-state index is 12.0. The Hall–Kier alpha value is -1.81. The molecule has 1 aliphatic carbocycles. The Morgan fingerprint density at radius 3 is 3.05 bits per heavy atom. The van der Waals surface area contributed by atoms with Crippen molar-refractivity contribution in [3.63, 3.8) is 0 Å². The van der Waals surface area contributed by atoms with Crippen LogP contribution in [0.4, 0.5) is 0 Å². The van der Waals surface area contributed by atoms with Crippen LogP contribution in [0.25, 0.3) is 5.76 Å². The van der Waals surface area contributed by atoms with Gasteiger partial charge in [0.2, 0.25) is 0 Å². The normalized spacial score (nSPS) is 21.6. The summed E-state index contributed by atoms with van der Waals surface area (Å²) in [5.41, 5.74) is 3.63. The lowest BCUT2D eigenvalue weighted by atomic mass is 9.80. The third-order valence-electron chi connectivity index (χ3n) is 4.26. The van der Waals surface area contributed by atoms with E-state index < -0.39 is 5.97 Å². The van der Waals surface area contributed by atoms with Crippen molar-refractivity contribution in [3.05, 3.63) is 40.5 Å². The lowest BCUT2D eigenvalue weighted by Gasteiger charge is -2.38. The number of carbonyl (C=O) groups is 1. The van der Waals surface area contributed by atoms with Gasteiger partial charge in [-0.1, -0.05) is 18.2 Å². The van der Waals surface area contributed by atoms with Crippen LogP contribution in [-0.2, 0) is 16.0 Å². The van der Waals surface area contributed by atoms with E-state index in [1.54, 1.807) is 6.92 Å². The molecular formula is C16H19NO3. The van der Waals surface area contributed by atoms with Crippen molar-refractivity contribution in [1.29, 1.82) is 0 Å². The number of nitrogens with zero attached hydrogens (tertiary/aromatic N) is 1. The van der Waals surface area contributed by atoms with Gasteiger partial charge in [-0.25, -0.2) is 4.79 Å². The lowest BCUT2D eigenvalue weighted by Crippen LogP contribution is -2.36. The van der Waals surface area contributed by atoms with Crippen LogP contribution < -0.4 is 0 Å². The number of likely N-dealkylation sites (N-methyl/N-ethyl adjacent to an activating group) is 1. The maximum Gasteiger partial charge on any atom is 0.337 e. The standard InChI is InChI=1S/C16H19NO3/c1-3-20-16(19)12-9-13-14-10(7-8-17(13)2)5-4-6-11(14)15(12)18/h4-6,13,18H,3,7-9H2,1-2H3. The topological polar surface area (TPSA) is 49.8 Å². The van der Waals surface area contributed by atoms with E-state index in [0.717, 1.165) is 18.5 Å². The van der Waals surface area contributed by atoms with Crippen LogP contribution >= 0.6 is 0 Å². The Labute approximate surface area is 118 Å². The van der Waals surface area contributed by atoms with E-state index in [2.05, 4.69) is 18.0 Å². The van der Waals surface area contributed by atoms with E-state index in [4.69, 9.17) is 4.74 Å². The van der Waals surface area contributed by atoms with Gasteiger partial charge in [-0.2, -0.15) is 0 Å². The third kappa shape index (κ3) is 1.91. The van der Waals surface area contributed by atoms with Crippen molar-refractivity contribution < 1.29 is 14.6 Å². The molecule has 0 saturated heterocycles. The maximum atomic E-state index is 12.0. The van der Waals surface area contributed by atoms with Gasteiger partial charge in [-0.3, -0.25) is 4.90 Å². The fourth-order valence-corrected chi connectivity index (χ4v) is 3.21. The SMILES string of the molecule is CCOC(=O)C1=C(O)c2cccc3c2C(C1)N(C)CC3. The highest BCUT2D eigenvalue weighted by molar-refractivity contribution is 5.97. The second-order valence-electron chi connectivity index (χ2n) is 5.38. The lowest BCUT2D eigenvalue weighted by molar-refractivity contribution is -0.138. The molecule has 2 aliphatic rings. The molecule has 1 atom stereocenters. The minimum absolute atomic E-state index is 0.0897. The Balaban J connectivity index is 2.13. The minimum Gasteiger partial charge on any atom is -0.507 e. The van der Waals surface area contributed by atoms with Crippen molar-refractivity contribution in [2.75, 3.05) is 20.2 Å². The highest BCUT2D eigenvalue weighted by atomic mass is 16.5. The first-order chi connectivity index (χ1) is 9.63. The molecule has 106 valence electrons. The highest BCUT2D eigenvalue weighted by Gasteiger charge is 2.36. The Morgan fingerprint density at radius 1 is 1.50 bits per heavy atom. The number of ether oxygens (including phenoxy) is 1. The largest absolute Gasteiger partial charge is 0.507 e. The Morgan fingerprint density at radius 2 is 2.30 bits per heavy atom. The van der Waals surface area contributed by atoms with Crippen molar-refractivity contribution in [2.24, 2.45) is 0 Å². The van der Waals surface area contributed by atoms with Gasteiger partial charge in [0.05, 0.1) is 12.2 Å². The smallest absolute Gasteiger partial charge is 0.337 e. The van der Waals surface area contributed by atoms with Crippen LogP contribution in [0.3, 0.4) is 0 Å². The molecule has 0 radical (unpaired) electrons. The zero-order chi connectivity index (χ0) is 14.3. The molecule has 1 N–H and O–H groups in total. The average molecular weight is 273 g/mol. The van der Waals surface area contributed by atoms with E-state index in [9.17, 15) is 9.90 Å². The number of aliphatic hydroxyl groups excluding tert-OH is 1. The molecule has 0 amide bonds. The van der Waals surface area contributed by atoms with Gasteiger partial charge in [0.1, 0.15) is 5.76 Å². The zero-order valence-corrected chi connectivity index (χ0v) is 11.8. The molecule has 1 aromatic rings. The summed E-state index contributed by atoms with van der Waals surface area (Å²) in [7, 11) is 2.07. The molecule has 0 fully saturated rings. The highest BCUT2D eigenvalue weighted by Crippen LogP contribution is 2.43. The number of benzene rings is 1. The summed E-state index contributed by atoms with van der Waals surface area (Å²) in [6, 6.07) is 6.10. The first-order valence-corrected chi connectivity index (χ1v) is 7.05. The van der Waals surface area contributed by atoms with Gasteiger partial charge in [-0.05, 0) is 31.5 Å². The van der Waals surface area contributed by atoms with Gasteiger partial charge in [-0.15, -0.1) is 0 Å². The third-order valence-corrected chi connectivity index (χ3v) is 4.26. The van der Waals surface area contributed by atoms with Gasteiger partial charge in [0.15, 0.2) is 0 Å². The molecule has 0 saturated carbocycles. The number of carbonyl (C=O) groups excluding carboxylic acids is 1. The molecule has 0 bridgehead atoms.